The highest BCUT2D eigenvalue weighted by atomic mass is 19.4. The molecule has 0 saturated heterocycles. The number of aromatic nitrogens is 2. The summed E-state index contributed by atoms with van der Waals surface area (Å²) in [6, 6.07) is 14.0. The van der Waals surface area contributed by atoms with Crippen LogP contribution in [0, 0.1) is 17.1 Å². The highest BCUT2D eigenvalue weighted by molar-refractivity contribution is 5.88. The summed E-state index contributed by atoms with van der Waals surface area (Å²) >= 11 is 0. The Morgan fingerprint density at radius 2 is 1.92 bits per heavy atom. The van der Waals surface area contributed by atoms with E-state index < -0.39 is 17.6 Å². The maximum atomic E-state index is 13.9. The number of fused-ring (bicyclic) bond motifs is 3. The van der Waals surface area contributed by atoms with Crippen LogP contribution < -0.4 is 9.47 Å². The summed E-state index contributed by atoms with van der Waals surface area (Å²) in [6.45, 7) is 1.85. The van der Waals surface area contributed by atoms with E-state index in [2.05, 4.69) is 11.1 Å². The number of halogens is 4. The smallest absolute Gasteiger partial charge is 0.416 e. The summed E-state index contributed by atoms with van der Waals surface area (Å²) in [5, 5.41) is 9.62. The maximum Gasteiger partial charge on any atom is 0.416 e. The van der Waals surface area contributed by atoms with Crippen molar-refractivity contribution in [2.24, 2.45) is 0 Å². The lowest BCUT2D eigenvalue weighted by molar-refractivity contribution is -0.137. The van der Waals surface area contributed by atoms with Gasteiger partial charge in [0.15, 0.2) is 0 Å². The van der Waals surface area contributed by atoms with Crippen LogP contribution in [0.5, 0.6) is 11.6 Å². The molecule has 0 radical (unpaired) electrons. The molecule has 0 aliphatic carbocycles. The standard InChI is InChI=1S/C27H19F4N3O2/c1-15(13-32)25-20-5-3-16(9-17(20)14-36-23-12-19(28)4-6-21(23)25)10-22-26(35-2)33-24-11-18(27(29,30)31)7-8-34(22)24/h3-9,11-12H,10,14H2,1-2H3/b25-15-. The molecule has 0 unspecified atom stereocenters. The minimum Gasteiger partial charge on any atom is -0.488 e. The van der Waals surface area contributed by atoms with Gasteiger partial charge in [-0.3, -0.25) is 4.40 Å². The van der Waals surface area contributed by atoms with Crippen LogP contribution in [0.1, 0.15) is 40.4 Å². The molecule has 182 valence electrons. The first-order chi connectivity index (χ1) is 17.2. The fourth-order valence-electron chi connectivity index (χ4n) is 4.47. The van der Waals surface area contributed by atoms with E-state index in [9.17, 15) is 22.8 Å². The second kappa shape index (κ2) is 8.72. The minimum atomic E-state index is -4.48. The fourth-order valence-corrected chi connectivity index (χ4v) is 4.47. The number of methoxy groups -OCH3 is 1. The van der Waals surface area contributed by atoms with Crippen molar-refractivity contribution < 1.29 is 27.0 Å². The van der Waals surface area contributed by atoms with Gasteiger partial charge in [0.25, 0.3) is 0 Å². The second-order valence-electron chi connectivity index (χ2n) is 8.42. The van der Waals surface area contributed by atoms with E-state index in [0.29, 0.717) is 34.6 Å². The summed E-state index contributed by atoms with van der Waals surface area (Å²) in [4.78, 5) is 4.22. The zero-order valence-electron chi connectivity index (χ0n) is 19.3. The van der Waals surface area contributed by atoms with Crippen LogP contribution in [0.15, 0.2) is 60.3 Å². The molecule has 0 N–H and O–H groups in total. The van der Waals surface area contributed by atoms with Crippen LogP contribution in [0.4, 0.5) is 17.6 Å². The van der Waals surface area contributed by atoms with E-state index in [1.807, 2.05) is 18.2 Å². The fraction of sp³-hybridized carbons (Fsp3) is 0.185. The van der Waals surface area contributed by atoms with Gasteiger partial charge in [-0.25, -0.2) is 4.39 Å². The predicted molar refractivity (Wildman–Crippen MR) is 124 cm³/mol. The Morgan fingerprint density at radius 1 is 1.14 bits per heavy atom. The van der Waals surface area contributed by atoms with Crippen molar-refractivity contribution >= 4 is 11.2 Å². The van der Waals surface area contributed by atoms with E-state index in [0.717, 1.165) is 28.8 Å². The largest absolute Gasteiger partial charge is 0.488 e. The van der Waals surface area contributed by atoms with Gasteiger partial charge in [0.1, 0.15) is 23.8 Å². The summed E-state index contributed by atoms with van der Waals surface area (Å²) in [7, 11) is 1.42. The molecule has 1 aliphatic heterocycles. The lowest BCUT2D eigenvalue weighted by Gasteiger charge is -2.13. The molecule has 0 atom stereocenters. The van der Waals surface area contributed by atoms with Crippen LogP contribution in [-0.4, -0.2) is 16.5 Å². The van der Waals surface area contributed by atoms with Gasteiger partial charge in [-0.15, -0.1) is 0 Å². The van der Waals surface area contributed by atoms with Crippen molar-refractivity contribution in [1.82, 2.24) is 9.38 Å². The molecular weight excluding hydrogens is 474 g/mol. The average Bonchev–Trinajstić information content (AvgIpc) is 3.11. The Hall–Kier alpha value is -4.32. The first-order valence-corrected chi connectivity index (χ1v) is 11.0. The van der Waals surface area contributed by atoms with Gasteiger partial charge in [-0.1, -0.05) is 18.2 Å². The normalized spacial score (nSPS) is 14.4. The Bertz CT molecular complexity index is 1580. The molecule has 4 aromatic rings. The van der Waals surface area contributed by atoms with E-state index in [-0.39, 0.29) is 18.1 Å². The molecule has 3 heterocycles. The molecule has 0 saturated carbocycles. The monoisotopic (exact) mass is 493 g/mol. The third kappa shape index (κ3) is 4.05. The molecule has 0 amide bonds. The Balaban J connectivity index is 1.58. The average molecular weight is 493 g/mol. The number of imidazole rings is 1. The molecule has 5 rings (SSSR count). The number of nitriles is 1. The molecule has 1 aliphatic rings. The highest BCUT2D eigenvalue weighted by Crippen LogP contribution is 2.39. The zero-order valence-corrected chi connectivity index (χ0v) is 19.3. The third-order valence-electron chi connectivity index (χ3n) is 6.16. The molecule has 2 aromatic carbocycles. The van der Waals surface area contributed by atoms with Gasteiger partial charge in [0.05, 0.1) is 24.4 Å². The Kier molecular flexibility index (Phi) is 5.67. The van der Waals surface area contributed by atoms with E-state index in [4.69, 9.17) is 9.47 Å². The number of hydrogen-bond donors (Lipinski definition) is 0. The van der Waals surface area contributed by atoms with E-state index >= 15 is 0 Å². The van der Waals surface area contributed by atoms with E-state index in [1.165, 1.54) is 25.4 Å². The van der Waals surface area contributed by atoms with Gasteiger partial charge >= 0.3 is 6.18 Å². The number of nitrogens with zero attached hydrogens (tertiary/aromatic N) is 3. The van der Waals surface area contributed by atoms with Crippen molar-refractivity contribution in [3.63, 3.8) is 0 Å². The molecular formula is C27H19F4N3O2. The van der Waals surface area contributed by atoms with Crippen molar-refractivity contribution in [2.45, 2.75) is 26.1 Å². The van der Waals surface area contributed by atoms with Gasteiger partial charge < -0.3 is 9.47 Å². The number of rotatable bonds is 3. The summed E-state index contributed by atoms with van der Waals surface area (Å²) < 4.78 is 66.2. The quantitative estimate of drug-likeness (QED) is 0.247. The number of allylic oxidation sites excluding steroid dienone is 1. The summed E-state index contributed by atoms with van der Waals surface area (Å²) in [5.41, 5.74) is 4.11. The van der Waals surface area contributed by atoms with Crippen molar-refractivity contribution in [1.29, 1.82) is 5.26 Å². The second-order valence-corrected chi connectivity index (χ2v) is 8.42. The summed E-state index contributed by atoms with van der Waals surface area (Å²) in [6.07, 6.45) is -2.83. The Morgan fingerprint density at radius 3 is 2.64 bits per heavy atom. The molecule has 9 heteroatoms. The number of alkyl halides is 3. The SMILES string of the molecule is COc1nc2cc(C(F)(F)F)ccn2c1Cc1ccc2c(c1)COc1cc(F)ccc1/C2=C(/C)C#N. The van der Waals surface area contributed by atoms with E-state index in [1.54, 1.807) is 17.4 Å². The first-order valence-electron chi connectivity index (χ1n) is 11.0. The third-order valence-corrected chi connectivity index (χ3v) is 6.16. The van der Waals surface area contributed by atoms with Gasteiger partial charge in [-0.2, -0.15) is 23.4 Å². The molecule has 2 aromatic heterocycles. The first kappa shape index (κ1) is 23.4. The van der Waals surface area contributed by atoms with Crippen LogP contribution in [0.25, 0.3) is 11.2 Å². The molecule has 5 nitrogen and oxygen atoms in total. The van der Waals surface area contributed by atoms with Crippen molar-refractivity contribution in [3.8, 4) is 17.7 Å². The predicted octanol–water partition coefficient (Wildman–Crippen LogP) is 6.33. The minimum absolute atomic E-state index is 0.127. The van der Waals surface area contributed by atoms with Crippen molar-refractivity contribution in [3.05, 3.63) is 99.6 Å². The van der Waals surface area contributed by atoms with Gasteiger partial charge in [0, 0.05) is 35.4 Å². The summed E-state index contributed by atoms with van der Waals surface area (Å²) in [5.74, 6) is 0.133. The molecule has 0 fully saturated rings. The molecule has 36 heavy (non-hydrogen) atoms. The maximum absolute atomic E-state index is 13.9. The number of benzene rings is 2. The highest BCUT2D eigenvalue weighted by Gasteiger charge is 2.31. The van der Waals surface area contributed by atoms with Crippen molar-refractivity contribution in [2.75, 3.05) is 7.11 Å². The zero-order chi connectivity index (χ0) is 25.6. The van der Waals surface area contributed by atoms with Crippen LogP contribution >= 0.6 is 0 Å². The van der Waals surface area contributed by atoms with Gasteiger partial charge in [0.2, 0.25) is 5.88 Å². The van der Waals surface area contributed by atoms with Gasteiger partial charge in [-0.05, 0) is 47.9 Å². The van der Waals surface area contributed by atoms with Crippen LogP contribution in [0.2, 0.25) is 0 Å². The number of pyridine rings is 1. The number of ether oxygens (including phenoxy) is 2. The Labute approximate surface area is 203 Å². The topological polar surface area (TPSA) is 59.6 Å². The van der Waals surface area contributed by atoms with Crippen LogP contribution in [0.3, 0.4) is 0 Å². The molecule has 0 bridgehead atoms. The molecule has 0 spiro atoms. The lowest BCUT2D eigenvalue weighted by Crippen LogP contribution is -2.06. The van der Waals surface area contributed by atoms with Crippen LogP contribution in [-0.2, 0) is 19.2 Å². The number of hydrogen-bond acceptors (Lipinski definition) is 4. The lowest BCUT2D eigenvalue weighted by atomic mass is 9.89.